The average molecular weight is 125 g/mol. The molecule has 2 heteroatoms. The number of carbonyl (C=O) groups excluding carboxylic acids is 1. The van der Waals surface area contributed by atoms with Crippen LogP contribution in [0.3, 0.4) is 0 Å². The van der Waals surface area contributed by atoms with Crippen LogP contribution in [0, 0.1) is 11.3 Å². The molecular weight excluding hydrogens is 114 g/mol. The summed E-state index contributed by atoms with van der Waals surface area (Å²) in [4.78, 5) is 10.8. The summed E-state index contributed by atoms with van der Waals surface area (Å²) in [6.45, 7) is 0. The maximum absolute atomic E-state index is 10.8. The zero-order valence-corrected chi connectivity index (χ0v) is 5.39. The molecule has 50 valence electrons. The molecule has 0 radical (unpaired) electrons. The largest absolute Gasteiger partial charge is 0.369 e. The molecule has 9 heavy (non-hydrogen) atoms. The van der Waals surface area contributed by atoms with Gasteiger partial charge in [0.05, 0.1) is 5.41 Å². The molecule has 2 unspecified atom stereocenters. The maximum Gasteiger partial charge on any atom is 0.223 e. The van der Waals surface area contributed by atoms with Crippen LogP contribution < -0.4 is 5.73 Å². The monoisotopic (exact) mass is 125 g/mol. The zero-order valence-electron chi connectivity index (χ0n) is 5.39. The number of hydrogen-bond acceptors (Lipinski definition) is 1. The summed E-state index contributed by atoms with van der Waals surface area (Å²) in [5.74, 6) is 0.625. The molecule has 0 aromatic carbocycles. The molecule has 0 bridgehead atoms. The van der Waals surface area contributed by atoms with Crippen molar-refractivity contribution in [3.05, 3.63) is 0 Å². The Morgan fingerprint density at radius 2 is 2.44 bits per heavy atom. The van der Waals surface area contributed by atoms with Crippen molar-refractivity contribution in [2.75, 3.05) is 0 Å². The fourth-order valence-corrected chi connectivity index (χ4v) is 2.15. The van der Waals surface area contributed by atoms with Gasteiger partial charge in [-0.2, -0.15) is 0 Å². The molecule has 2 N–H and O–H groups in total. The molecule has 2 rings (SSSR count). The Morgan fingerprint density at radius 1 is 1.67 bits per heavy atom. The summed E-state index contributed by atoms with van der Waals surface area (Å²) in [5.41, 5.74) is 5.23. The third-order valence-electron chi connectivity index (χ3n) is 2.90. The molecule has 2 saturated carbocycles. The number of nitrogens with two attached hydrogens (primary N) is 1. The first kappa shape index (κ1) is 5.27. The van der Waals surface area contributed by atoms with Crippen molar-refractivity contribution in [3.8, 4) is 0 Å². The Morgan fingerprint density at radius 3 is 2.67 bits per heavy atom. The predicted octanol–water partition coefficient (Wildman–Crippen LogP) is 0.662. The first-order chi connectivity index (χ1) is 4.26. The third kappa shape index (κ3) is 0.485. The van der Waals surface area contributed by atoms with Crippen LogP contribution in [0.5, 0.6) is 0 Å². The van der Waals surface area contributed by atoms with Gasteiger partial charge in [0.1, 0.15) is 0 Å². The summed E-state index contributed by atoms with van der Waals surface area (Å²) in [7, 11) is 0. The van der Waals surface area contributed by atoms with Gasteiger partial charge in [0, 0.05) is 0 Å². The molecular formula is C7H11NO. The summed E-state index contributed by atoms with van der Waals surface area (Å²) in [5, 5.41) is 0. The van der Waals surface area contributed by atoms with Crippen molar-refractivity contribution in [3.63, 3.8) is 0 Å². The van der Waals surface area contributed by atoms with E-state index in [1.54, 1.807) is 0 Å². The van der Waals surface area contributed by atoms with Crippen LogP contribution in [0.15, 0.2) is 0 Å². The first-order valence-corrected chi connectivity index (χ1v) is 3.56. The molecule has 0 aromatic rings. The Bertz CT molecular complexity index is 166. The Balaban J connectivity index is 2.19. The number of amides is 1. The van der Waals surface area contributed by atoms with E-state index in [4.69, 9.17) is 5.73 Å². The molecule has 1 amide bonds. The van der Waals surface area contributed by atoms with Crippen molar-refractivity contribution in [1.82, 2.24) is 0 Å². The van der Waals surface area contributed by atoms with E-state index in [1.165, 1.54) is 12.8 Å². The van der Waals surface area contributed by atoms with E-state index in [0.717, 1.165) is 12.8 Å². The second-order valence-electron chi connectivity index (χ2n) is 3.31. The van der Waals surface area contributed by atoms with Crippen LogP contribution in [-0.2, 0) is 4.79 Å². The lowest BCUT2D eigenvalue weighted by molar-refractivity contribution is -0.123. The fourth-order valence-electron chi connectivity index (χ4n) is 2.15. The van der Waals surface area contributed by atoms with Gasteiger partial charge in [-0.15, -0.1) is 0 Å². The van der Waals surface area contributed by atoms with E-state index in [9.17, 15) is 4.79 Å². The van der Waals surface area contributed by atoms with Crippen LogP contribution in [0.2, 0.25) is 0 Å². The summed E-state index contributed by atoms with van der Waals surface area (Å²) >= 11 is 0. The van der Waals surface area contributed by atoms with E-state index in [-0.39, 0.29) is 11.3 Å². The van der Waals surface area contributed by atoms with E-state index < -0.39 is 0 Å². The zero-order chi connectivity index (χ0) is 6.48. The number of carbonyl (C=O) groups is 1. The van der Waals surface area contributed by atoms with Crippen molar-refractivity contribution in [1.29, 1.82) is 0 Å². The highest BCUT2D eigenvalue weighted by Gasteiger charge is 2.60. The van der Waals surface area contributed by atoms with Gasteiger partial charge in [-0.3, -0.25) is 4.79 Å². The van der Waals surface area contributed by atoms with Gasteiger partial charge in [0.2, 0.25) is 5.91 Å². The number of rotatable bonds is 1. The minimum Gasteiger partial charge on any atom is -0.369 e. The van der Waals surface area contributed by atoms with Gasteiger partial charge < -0.3 is 5.73 Å². The lowest BCUT2D eigenvalue weighted by Crippen LogP contribution is -2.24. The number of fused-ring (bicyclic) bond motifs is 1. The molecule has 2 atom stereocenters. The number of hydrogen-bond donors (Lipinski definition) is 1. The van der Waals surface area contributed by atoms with Gasteiger partial charge >= 0.3 is 0 Å². The van der Waals surface area contributed by atoms with Crippen molar-refractivity contribution < 1.29 is 4.79 Å². The van der Waals surface area contributed by atoms with Crippen molar-refractivity contribution in [2.45, 2.75) is 25.7 Å². The molecule has 0 saturated heterocycles. The van der Waals surface area contributed by atoms with Gasteiger partial charge in [-0.1, -0.05) is 6.42 Å². The van der Waals surface area contributed by atoms with Crippen LogP contribution in [0.1, 0.15) is 25.7 Å². The Kier molecular flexibility index (Phi) is 0.765. The minimum atomic E-state index is -0.0509. The number of primary amides is 1. The van der Waals surface area contributed by atoms with E-state index >= 15 is 0 Å². The molecule has 0 spiro atoms. The standard InChI is InChI=1S/C7H11NO/c8-6(9)7-3-1-2-5(7)4-7/h5H,1-4H2,(H2,8,9). The second kappa shape index (κ2) is 1.31. The lowest BCUT2D eigenvalue weighted by atomic mass is 10.0. The Labute approximate surface area is 54.4 Å². The van der Waals surface area contributed by atoms with Crippen molar-refractivity contribution in [2.24, 2.45) is 17.1 Å². The molecule has 2 nitrogen and oxygen atoms in total. The van der Waals surface area contributed by atoms with Gasteiger partial charge in [-0.05, 0) is 25.2 Å². The second-order valence-corrected chi connectivity index (χ2v) is 3.31. The topological polar surface area (TPSA) is 43.1 Å². The van der Waals surface area contributed by atoms with Crippen LogP contribution in [0.25, 0.3) is 0 Å². The molecule has 2 aliphatic rings. The summed E-state index contributed by atoms with van der Waals surface area (Å²) in [6, 6.07) is 0. The molecule has 0 aromatic heterocycles. The summed E-state index contributed by atoms with van der Waals surface area (Å²) < 4.78 is 0. The van der Waals surface area contributed by atoms with Gasteiger partial charge in [0.25, 0.3) is 0 Å². The average Bonchev–Trinajstić information content (AvgIpc) is 2.38. The van der Waals surface area contributed by atoms with Gasteiger partial charge in [-0.25, -0.2) is 0 Å². The van der Waals surface area contributed by atoms with E-state index in [0.29, 0.717) is 5.92 Å². The Hall–Kier alpha value is -0.530. The quantitative estimate of drug-likeness (QED) is 0.549. The lowest BCUT2D eigenvalue weighted by Gasteiger charge is -2.02. The predicted molar refractivity (Wildman–Crippen MR) is 33.6 cm³/mol. The molecule has 0 heterocycles. The van der Waals surface area contributed by atoms with Crippen LogP contribution >= 0.6 is 0 Å². The molecule has 0 aliphatic heterocycles. The van der Waals surface area contributed by atoms with Gasteiger partial charge in [0.15, 0.2) is 0 Å². The highest BCUT2D eigenvalue weighted by atomic mass is 16.1. The molecule has 2 aliphatic carbocycles. The van der Waals surface area contributed by atoms with E-state index in [1.807, 2.05) is 0 Å². The fraction of sp³-hybridized carbons (Fsp3) is 0.857. The van der Waals surface area contributed by atoms with Crippen molar-refractivity contribution >= 4 is 5.91 Å². The summed E-state index contributed by atoms with van der Waals surface area (Å²) in [6.07, 6.45) is 4.60. The van der Waals surface area contributed by atoms with Crippen LogP contribution in [-0.4, -0.2) is 5.91 Å². The minimum absolute atomic E-state index is 0.000000000000000222. The first-order valence-electron chi connectivity index (χ1n) is 3.56. The van der Waals surface area contributed by atoms with E-state index in [2.05, 4.69) is 0 Å². The SMILES string of the molecule is NC(=O)C12CCCC1C2. The normalized spacial score (nSPS) is 46.4. The smallest absolute Gasteiger partial charge is 0.223 e. The molecule has 2 fully saturated rings. The highest BCUT2D eigenvalue weighted by Crippen LogP contribution is 2.63. The highest BCUT2D eigenvalue weighted by molar-refractivity contribution is 5.84. The third-order valence-corrected chi connectivity index (χ3v) is 2.90. The maximum atomic E-state index is 10.8. The van der Waals surface area contributed by atoms with Crippen LogP contribution in [0.4, 0.5) is 0 Å².